The Morgan fingerprint density at radius 3 is 2.56 bits per heavy atom. The van der Waals surface area contributed by atoms with Crippen LogP contribution < -0.4 is 5.32 Å². The van der Waals surface area contributed by atoms with Crippen LogP contribution in [0.4, 0.5) is 0 Å². The molecule has 1 aromatic rings. The Balaban J connectivity index is 2.69. The average Bonchev–Trinajstić information content (AvgIpc) is 2.73. The molecule has 0 aromatic carbocycles. The zero-order chi connectivity index (χ0) is 13.9. The number of aliphatic hydroxyl groups is 1. The van der Waals surface area contributed by atoms with Gasteiger partial charge in [-0.15, -0.1) is 5.10 Å². The molecule has 0 aliphatic carbocycles. The van der Waals surface area contributed by atoms with Crippen molar-refractivity contribution in [2.45, 2.75) is 46.3 Å². The second-order valence-electron chi connectivity index (χ2n) is 5.46. The lowest BCUT2D eigenvalue weighted by atomic mass is 10.1. The molecule has 1 atom stereocenters. The third-order valence-corrected chi connectivity index (χ3v) is 2.60. The molecule has 0 bridgehead atoms. The Morgan fingerprint density at radius 1 is 1.50 bits per heavy atom. The van der Waals surface area contributed by atoms with Crippen LogP contribution in [0.25, 0.3) is 0 Å². The van der Waals surface area contributed by atoms with E-state index in [9.17, 15) is 9.90 Å². The first kappa shape index (κ1) is 14.6. The maximum Gasteiger partial charge on any atom is 0.244 e. The molecule has 2 N–H and O–H groups in total. The van der Waals surface area contributed by atoms with E-state index in [2.05, 4.69) is 15.6 Å². The molecule has 0 saturated carbocycles. The summed E-state index contributed by atoms with van der Waals surface area (Å²) in [5, 5.41) is 20.4. The van der Waals surface area contributed by atoms with E-state index in [0.29, 0.717) is 18.2 Å². The minimum absolute atomic E-state index is 0.101. The van der Waals surface area contributed by atoms with E-state index >= 15 is 0 Å². The maximum atomic E-state index is 11.8. The summed E-state index contributed by atoms with van der Waals surface area (Å²) >= 11 is 0. The van der Waals surface area contributed by atoms with Crippen LogP contribution in [0.3, 0.4) is 0 Å². The van der Waals surface area contributed by atoms with Crippen molar-refractivity contribution >= 4 is 5.91 Å². The number of carbonyl (C=O) groups excluding carboxylic acids is 1. The monoisotopic (exact) mass is 254 g/mol. The van der Waals surface area contributed by atoms with Gasteiger partial charge in [-0.1, -0.05) is 19.1 Å². The van der Waals surface area contributed by atoms with Crippen LogP contribution in [0.15, 0.2) is 6.20 Å². The molecular weight excluding hydrogens is 232 g/mol. The van der Waals surface area contributed by atoms with Gasteiger partial charge in [-0.25, -0.2) is 4.68 Å². The number of aromatic nitrogens is 3. The highest BCUT2D eigenvalue weighted by molar-refractivity contribution is 5.79. The summed E-state index contributed by atoms with van der Waals surface area (Å²) in [7, 11) is 0. The third-order valence-electron chi connectivity index (χ3n) is 2.60. The van der Waals surface area contributed by atoms with E-state index in [1.54, 1.807) is 27.0 Å². The van der Waals surface area contributed by atoms with Crippen molar-refractivity contribution < 1.29 is 9.90 Å². The molecule has 1 heterocycles. The molecule has 18 heavy (non-hydrogen) atoms. The van der Waals surface area contributed by atoms with Gasteiger partial charge in [-0.2, -0.15) is 0 Å². The molecule has 6 heteroatoms. The quantitative estimate of drug-likeness (QED) is 0.816. The van der Waals surface area contributed by atoms with E-state index in [0.717, 1.165) is 0 Å². The van der Waals surface area contributed by atoms with Gasteiger partial charge in [0.15, 0.2) is 0 Å². The van der Waals surface area contributed by atoms with Crippen LogP contribution in [0.2, 0.25) is 0 Å². The van der Waals surface area contributed by atoms with Crippen molar-refractivity contribution in [1.29, 1.82) is 0 Å². The van der Waals surface area contributed by atoms with Crippen LogP contribution in [0.1, 0.15) is 46.4 Å². The van der Waals surface area contributed by atoms with Crippen molar-refractivity contribution in [2.24, 2.45) is 5.92 Å². The van der Waals surface area contributed by atoms with Crippen LogP contribution in [-0.4, -0.2) is 32.6 Å². The summed E-state index contributed by atoms with van der Waals surface area (Å²) < 4.78 is 1.46. The van der Waals surface area contributed by atoms with Gasteiger partial charge >= 0.3 is 0 Å². The van der Waals surface area contributed by atoms with Gasteiger partial charge in [0.1, 0.15) is 17.3 Å². The fourth-order valence-corrected chi connectivity index (χ4v) is 1.32. The van der Waals surface area contributed by atoms with Crippen molar-refractivity contribution in [3.05, 3.63) is 11.9 Å². The molecule has 102 valence electrons. The Labute approximate surface area is 107 Å². The smallest absolute Gasteiger partial charge is 0.244 e. The normalized spacial score (nSPS) is 13.7. The minimum Gasteiger partial charge on any atom is -0.384 e. The first-order chi connectivity index (χ1) is 8.21. The number of rotatable bonds is 5. The molecular formula is C12H22N4O2. The Bertz CT molecular complexity index is 406. The standard InChI is InChI=1S/C12H22N4O2/c1-8(2)6-13-11(17)9(3)16-7-10(14-15-16)12(4,5)18/h7-9,18H,6H2,1-5H3,(H,13,17). The number of nitrogens with one attached hydrogen (secondary N) is 1. The average molecular weight is 254 g/mol. The highest BCUT2D eigenvalue weighted by atomic mass is 16.3. The first-order valence-corrected chi connectivity index (χ1v) is 6.14. The molecule has 1 aromatic heterocycles. The predicted molar refractivity (Wildman–Crippen MR) is 67.8 cm³/mol. The second-order valence-corrected chi connectivity index (χ2v) is 5.46. The fraction of sp³-hybridized carbons (Fsp3) is 0.750. The number of hydrogen-bond acceptors (Lipinski definition) is 4. The molecule has 1 rings (SSSR count). The zero-order valence-electron chi connectivity index (χ0n) is 11.6. The van der Waals surface area contributed by atoms with Gasteiger partial charge in [0.2, 0.25) is 5.91 Å². The van der Waals surface area contributed by atoms with Gasteiger partial charge < -0.3 is 10.4 Å². The molecule has 0 saturated heterocycles. The highest BCUT2D eigenvalue weighted by Crippen LogP contribution is 2.17. The highest BCUT2D eigenvalue weighted by Gasteiger charge is 2.23. The Kier molecular flexibility index (Phi) is 4.45. The Morgan fingerprint density at radius 2 is 2.11 bits per heavy atom. The summed E-state index contributed by atoms with van der Waals surface area (Å²) in [5.41, 5.74) is -0.599. The lowest BCUT2D eigenvalue weighted by Gasteiger charge is -2.14. The van der Waals surface area contributed by atoms with E-state index < -0.39 is 11.6 Å². The van der Waals surface area contributed by atoms with Crippen LogP contribution in [0.5, 0.6) is 0 Å². The van der Waals surface area contributed by atoms with Gasteiger partial charge in [0, 0.05) is 6.54 Å². The molecule has 0 radical (unpaired) electrons. The lowest BCUT2D eigenvalue weighted by molar-refractivity contribution is -0.124. The SMILES string of the molecule is CC(C)CNC(=O)C(C)n1cc(C(C)(C)O)nn1. The van der Waals surface area contributed by atoms with Crippen LogP contribution in [-0.2, 0) is 10.4 Å². The summed E-state index contributed by atoms with van der Waals surface area (Å²) in [6.45, 7) is 9.71. The molecule has 1 amide bonds. The predicted octanol–water partition coefficient (Wildman–Crippen LogP) is 0.839. The second kappa shape index (κ2) is 5.48. The first-order valence-electron chi connectivity index (χ1n) is 6.14. The van der Waals surface area contributed by atoms with Gasteiger partial charge in [0.25, 0.3) is 0 Å². The summed E-state index contributed by atoms with van der Waals surface area (Å²) in [4.78, 5) is 11.8. The maximum absolute atomic E-state index is 11.8. The summed E-state index contributed by atoms with van der Waals surface area (Å²) in [6.07, 6.45) is 1.60. The topological polar surface area (TPSA) is 80.0 Å². The number of carbonyl (C=O) groups is 1. The number of nitrogens with zero attached hydrogens (tertiary/aromatic N) is 3. The molecule has 6 nitrogen and oxygen atoms in total. The number of amides is 1. The molecule has 0 aliphatic rings. The van der Waals surface area contributed by atoms with Crippen LogP contribution >= 0.6 is 0 Å². The molecule has 0 fully saturated rings. The van der Waals surface area contributed by atoms with E-state index in [4.69, 9.17) is 0 Å². The summed E-state index contributed by atoms with van der Waals surface area (Å²) in [6, 6.07) is -0.438. The van der Waals surface area contributed by atoms with Crippen molar-refractivity contribution in [3.63, 3.8) is 0 Å². The lowest BCUT2D eigenvalue weighted by Crippen LogP contribution is -2.33. The van der Waals surface area contributed by atoms with Gasteiger partial charge in [-0.3, -0.25) is 4.79 Å². The Hall–Kier alpha value is -1.43. The number of hydrogen-bond donors (Lipinski definition) is 2. The van der Waals surface area contributed by atoms with Crippen molar-refractivity contribution in [2.75, 3.05) is 6.54 Å². The summed E-state index contributed by atoms with van der Waals surface area (Å²) in [5.74, 6) is 0.305. The minimum atomic E-state index is -1.05. The fourth-order valence-electron chi connectivity index (χ4n) is 1.32. The van der Waals surface area contributed by atoms with Crippen molar-refractivity contribution in [3.8, 4) is 0 Å². The third kappa shape index (κ3) is 3.80. The van der Waals surface area contributed by atoms with Crippen LogP contribution in [0, 0.1) is 5.92 Å². The molecule has 0 spiro atoms. The van der Waals surface area contributed by atoms with E-state index in [-0.39, 0.29) is 5.91 Å². The van der Waals surface area contributed by atoms with Crippen molar-refractivity contribution in [1.82, 2.24) is 20.3 Å². The largest absolute Gasteiger partial charge is 0.384 e. The van der Waals surface area contributed by atoms with E-state index in [1.165, 1.54) is 4.68 Å². The van der Waals surface area contributed by atoms with Gasteiger partial charge in [0.05, 0.1) is 6.20 Å². The van der Waals surface area contributed by atoms with E-state index in [1.807, 2.05) is 13.8 Å². The molecule has 1 unspecified atom stereocenters. The van der Waals surface area contributed by atoms with Gasteiger partial charge in [-0.05, 0) is 26.7 Å². The zero-order valence-corrected chi connectivity index (χ0v) is 11.6. The molecule has 0 aliphatic heterocycles.